The maximum Gasteiger partial charge on any atom is 0.169 e. The fourth-order valence-corrected chi connectivity index (χ4v) is 1.02. The van der Waals surface area contributed by atoms with Gasteiger partial charge in [0.25, 0.3) is 0 Å². The zero-order chi connectivity index (χ0) is 13.4. The molecular formula is C12H30N2O3. The van der Waals surface area contributed by atoms with Gasteiger partial charge >= 0.3 is 0 Å². The maximum absolute atomic E-state index is 8.16. The van der Waals surface area contributed by atoms with Crippen LogP contribution < -0.4 is 10.6 Å². The molecular weight excluding hydrogens is 220 g/mol. The Balaban J connectivity index is 0. The average Bonchev–Trinajstić information content (AvgIpc) is 2.35. The van der Waals surface area contributed by atoms with Crippen molar-refractivity contribution in [3.05, 3.63) is 0 Å². The summed E-state index contributed by atoms with van der Waals surface area (Å²) in [5.41, 5.74) is 0. The molecule has 5 nitrogen and oxygen atoms in total. The van der Waals surface area contributed by atoms with Gasteiger partial charge in [0.2, 0.25) is 0 Å². The number of ether oxygens (including phenoxy) is 2. The van der Waals surface area contributed by atoms with Crippen molar-refractivity contribution in [3.63, 3.8) is 0 Å². The van der Waals surface area contributed by atoms with Crippen LogP contribution >= 0.6 is 0 Å². The largest absolute Gasteiger partial charge is 0.396 e. The van der Waals surface area contributed by atoms with Gasteiger partial charge in [-0.2, -0.15) is 0 Å². The van der Waals surface area contributed by atoms with E-state index in [9.17, 15) is 0 Å². The molecule has 106 valence electrons. The first-order chi connectivity index (χ1) is 8.26. The van der Waals surface area contributed by atoms with Crippen molar-refractivity contribution in [2.75, 3.05) is 47.0 Å². The summed E-state index contributed by atoms with van der Waals surface area (Å²) in [5.74, 6) is 0. The highest BCUT2D eigenvalue weighted by Gasteiger charge is 2.04. The van der Waals surface area contributed by atoms with Crippen LogP contribution in [0.3, 0.4) is 0 Å². The van der Waals surface area contributed by atoms with Gasteiger partial charge in [-0.25, -0.2) is 0 Å². The lowest BCUT2D eigenvalue weighted by Crippen LogP contribution is -2.29. The highest BCUT2D eigenvalue weighted by atomic mass is 16.7. The Kier molecular flexibility index (Phi) is 20.5. The smallest absolute Gasteiger partial charge is 0.169 e. The summed E-state index contributed by atoms with van der Waals surface area (Å²) in [6, 6.07) is 0. The van der Waals surface area contributed by atoms with Crippen LogP contribution in [0.25, 0.3) is 0 Å². The summed E-state index contributed by atoms with van der Waals surface area (Å²) in [6.45, 7) is 7.49. The van der Waals surface area contributed by atoms with Crippen molar-refractivity contribution in [3.8, 4) is 0 Å². The maximum atomic E-state index is 8.16. The van der Waals surface area contributed by atoms with Crippen LogP contribution in [0.15, 0.2) is 0 Å². The Morgan fingerprint density at radius 1 is 1.12 bits per heavy atom. The first-order valence-electron chi connectivity index (χ1n) is 6.39. The quantitative estimate of drug-likeness (QED) is 0.391. The molecule has 0 spiro atoms. The van der Waals surface area contributed by atoms with E-state index in [0.717, 1.165) is 32.5 Å². The lowest BCUT2D eigenvalue weighted by molar-refractivity contribution is -0.135. The number of likely N-dealkylation sites (N-methyl/N-ethyl adjacent to an activating group) is 1. The molecule has 0 rings (SSSR count). The van der Waals surface area contributed by atoms with Crippen molar-refractivity contribution in [1.29, 1.82) is 0 Å². The van der Waals surface area contributed by atoms with E-state index in [2.05, 4.69) is 17.6 Å². The molecule has 0 aromatic rings. The average molecular weight is 250 g/mol. The highest BCUT2D eigenvalue weighted by Crippen LogP contribution is 1.94. The molecule has 0 amide bonds. The molecule has 1 atom stereocenters. The van der Waals surface area contributed by atoms with Gasteiger partial charge in [0.05, 0.1) is 0 Å². The van der Waals surface area contributed by atoms with E-state index in [1.54, 1.807) is 0 Å². The second kappa shape index (κ2) is 18.2. The number of nitrogens with one attached hydrogen (secondary N) is 2. The van der Waals surface area contributed by atoms with Gasteiger partial charge in [0.15, 0.2) is 6.29 Å². The monoisotopic (exact) mass is 250 g/mol. The van der Waals surface area contributed by atoms with E-state index in [1.807, 2.05) is 21.0 Å². The molecule has 17 heavy (non-hydrogen) atoms. The third kappa shape index (κ3) is 18.4. The molecule has 0 aliphatic heterocycles. The van der Waals surface area contributed by atoms with Crippen LogP contribution in [0.2, 0.25) is 0 Å². The molecule has 0 aliphatic carbocycles. The minimum absolute atomic E-state index is 0.0788. The molecule has 5 heteroatoms. The third-order valence-corrected chi connectivity index (χ3v) is 1.82. The van der Waals surface area contributed by atoms with Crippen LogP contribution in [0.5, 0.6) is 0 Å². The lowest BCUT2D eigenvalue weighted by atomic mass is 10.5. The fourth-order valence-electron chi connectivity index (χ4n) is 1.02. The van der Waals surface area contributed by atoms with E-state index in [4.69, 9.17) is 14.6 Å². The first-order valence-corrected chi connectivity index (χ1v) is 6.39. The molecule has 0 aliphatic rings. The molecule has 3 N–H and O–H groups in total. The van der Waals surface area contributed by atoms with E-state index in [-0.39, 0.29) is 6.29 Å². The molecule has 0 bridgehead atoms. The summed E-state index contributed by atoms with van der Waals surface area (Å²) >= 11 is 0. The predicted molar refractivity (Wildman–Crippen MR) is 71.2 cm³/mol. The van der Waals surface area contributed by atoms with Crippen molar-refractivity contribution >= 4 is 0 Å². The van der Waals surface area contributed by atoms with Gasteiger partial charge in [0.1, 0.15) is 0 Å². The van der Waals surface area contributed by atoms with Crippen molar-refractivity contribution in [2.45, 2.75) is 33.0 Å². The number of rotatable bonds is 10. The summed E-state index contributed by atoms with van der Waals surface area (Å²) < 4.78 is 10.7. The van der Waals surface area contributed by atoms with Crippen LogP contribution in [0.4, 0.5) is 0 Å². The Morgan fingerprint density at radius 3 is 2.18 bits per heavy atom. The van der Waals surface area contributed by atoms with Crippen LogP contribution in [0, 0.1) is 0 Å². The Morgan fingerprint density at radius 2 is 1.82 bits per heavy atom. The predicted octanol–water partition coefficient (Wildman–Crippen LogP) is 0.583. The Hall–Kier alpha value is -0.200. The summed E-state index contributed by atoms with van der Waals surface area (Å²) in [7, 11) is 3.76. The fraction of sp³-hybridized carbons (Fsp3) is 1.00. The molecule has 0 aromatic heterocycles. The van der Waals surface area contributed by atoms with Crippen LogP contribution in [0.1, 0.15) is 26.7 Å². The molecule has 0 aromatic carbocycles. The normalized spacial score (nSPS) is 11.8. The van der Waals surface area contributed by atoms with E-state index < -0.39 is 0 Å². The second-order valence-corrected chi connectivity index (χ2v) is 3.49. The Labute approximate surface area is 106 Å². The summed E-state index contributed by atoms with van der Waals surface area (Å²) in [5, 5.41) is 14.1. The number of hydrogen-bond acceptors (Lipinski definition) is 5. The number of hydrogen-bond donors (Lipinski definition) is 3. The van der Waals surface area contributed by atoms with Gasteiger partial charge in [0, 0.05) is 26.4 Å². The Bertz CT molecular complexity index is 116. The van der Waals surface area contributed by atoms with Crippen molar-refractivity contribution < 1.29 is 14.6 Å². The molecule has 0 radical (unpaired) electrons. The lowest BCUT2D eigenvalue weighted by Gasteiger charge is -2.16. The molecule has 0 saturated heterocycles. The molecule has 0 heterocycles. The van der Waals surface area contributed by atoms with Crippen molar-refractivity contribution in [2.24, 2.45) is 0 Å². The first kappa shape index (κ1) is 19.1. The van der Waals surface area contributed by atoms with Gasteiger partial charge in [-0.15, -0.1) is 0 Å². The molecule has 0 fully saturated rings. The number of aliphatic hydroxyl groups is 1. The van der Waals surface area contributed by atoms with E-state index >= 15 is 0 Å². The van der Waals surface area contributed by atoms with Crippen molar-refractivity contribution in [1.82, 2.24) is 10.6 Å². The van der Waals surface area contributed by atoms with Gasteiger partial charge in [-0.1, -0.05) is 6.92 Å². The summed E-state index contributed by atoms with van der Waals surface area (Å²) in [6.07, 6.45) is 1.81. The van der Waals surface area contributed by atoms with Crippen LogP contribution in [-0.2, 0) is 9.47 Å². The zero-order valence-corrected chi connectivity index (χ0v) is 11.8. The zero-order valence-electron chi connectivity index (χ0n) is 11.8. The van der Waals surface area contributed by atoms with E-state index in [0.29, 0.717) is 13.2 Å². The standard InChI is InChI=1S/C8H19NO2.C4H11NO/c1-4-6-11-8(7-9-3)10-5-2;1-5-3-2-4-6/h8-9H,4-7H2,1-3H3;5-6H,2-4H2,1H3. The highest BCUT2D eigenvalue weighted by molar-refractivity contribution is 4.46. The summed E-state index contributed by atoms with van der Waals surface area (Å²) in [4.78, 5) is 0. The SMILES string of the molecule is CCCOC(CNC)OCC.CNCCCO. The van der Waals surface area contributed by atoms with E-state index in [1.165, 1.54) is 0 Å². The van der Waals surface area contributed by atoms with Gasteiger partial charge in [-0.3, -0.25) is 0 Å². The molecule has 1 unspecified atom stereocenters. The minimum Gasteiger partial charge on any atom is -0.396 e. The van der Waals surface area contributed by atoms with Crippen LogP contribution in [-0.4, -0.2) is 58.4 Å². The molecule has 0 saturated carbocycles. The minimum atomic E-state index is -0.0788. The second-order valence-electron chi connectivity index (χ2n) is 3.49. The number of aliphatic hydroxyl groups excluding tert-OH is 1. The third-order valence-electron chi connectivity index (χ3n) is 1.82. The topological polar surface area (TPSA) is 62.8 Å². The van der Waals surface area contributed by atoms with Gasteiger partial charge in [-0.05, 0) is 40.4 Å². The van der Waals surface area contributed by atoms with Gasteiger partial charge < -0.3 is 25.2 Å².